The first kappa shape index (κ1) is 21.7. The van der Waals surface area contributed by atoms with Crippen molar-refractivity contribution in [2.75, 3.05) is 11.6 Å². The van der Waals surface area contributed by atoms with Gasteiger partial charge in [0.2, 0.25) is 5.60 Å². The predicted molar refractivity (Wildman–Crippen MR) is 91.3 cm³/mol. The summed E-state index contributed by atoms with van der Waals surface area (Å²) in [5, 5.41) is 11.0. The number of alkyl halides is 3. The third-order valence-electron chi connectivity index (χ3n) is 3.20. The lowest BCUT2D eigenvalue weighted by atomic mass is 10.1. The molecule has 2 aromatic carbocycles. The Kier molecular flexibility index (Phi) is 6.93. The SMILES string of the molecule is CC(O)(C(=O)Nc1ccccc1)C(F)(F)F.CS(=O)(=O)c1ccccc1. The first-order valence-corrected chi connectivity index (χ1v) is 9.15. The lowest BCUT2D eigenvalue weighted by Gasteiger charge is -2.24. The van der Waals surface area contributed by atoms with Crippen molar-refractivity contribution in [3.05, 3.63) is 60.7 Å². The second-order valence-electron chi connectivity index (χ2n) is 5.48. The molecule has 0 saturated heterocycles. The van der Waals surface area contributed by atoms with Crippen LogP contribution in [0.3, 0.4) is 0 Å². The van der Waals surface area contributed by atoms with Crippen molar-refractivity contribution in [1.29, 1.82) is 0 Å². The van der Waals surface area contributed by atoms with Crippen molar-refractivity contribution < 1.29 is 31.5 Å². The summed E-state index contributed by atoms with van der Waals surface area (Å²) in [5.41, 5.74) is -3.21. The van der Waals surface area contributed by atoms with Crippen molar-refractivity contribution in [3.8, 4) is 0 Å². The molecule has 2 rings (SSSR count). The topological polar surface area (TPSA) is 83.5 Å². The minimum atomic E-state index is -5.01. The van der Waals surface area contributed by atoms with E-state index in [0.29, 0.717) is 11.8 Å². The highest BCUT2D eigenvalue weighted by molar-refractivity contribution is 7.90. The first-order chi connectivity index (χ1) is 11.9. The normalized spacial score (nSPS) is 13.8. The Bertz CT molecular complexity index is 820. The number of anilines is 1. The van der Waals surface area contributed by atoms with Crippen molar-refractivity contribution in [2.45, 2.75) is 23.6 Å². The van der Waals surface area contributed by atoms with E-state index in [2.05, 4.69) is 0 Å². The Morgan fingerprint density at radius 3 is 1.73 bits per heavy atom. The van der Waals surface area contributed by atoms with E-state index in [9.17, 15) is 26.4 Å². The van der Waals surface area contributed by atoms with Gasteiger partial charge in [-0.15, -0.1) is 0 Å². The van der Waals surface area contributed by atoms with Crippen LogP contribution < -0.4 is 5.32 Å². The van der Waals surface area contributed by atoms with E-state index in [1.165, 1.54) is 18.4 Å². The summed E-state index contributed by atoms with van der Waals surface area (Å²) in [7, 11) is -3.00. The standard InChI is InChI=1S/C10H10F3NO2.C7H8O2S/c1-9(16,10(11,12)13)8(15)14-7-5-3-2-4-6-7;1-10(8,9)7-5-3-2-4-6-7/h2-6,16H,1H3,(H,14,15);2-6H,1H3. The van der Waals surface area contributed by atoms with Crippen LogP contribution in [-0.4, -0.2) is 37.5 Å². The van der Waals surface area contributed by atoms with Gasteiger partial charge in [-0.2, -0.15) is 13.2 Å². The Labute approximate surface area is 149 Å². The summed E-state index contributed by atoms with van der Waals surface area (Å²) in [6.07, 6.45) is -3.81. The van der Waals surface area contributed by atoms with Gasteiger partial charge in [0, 0.05) is 11.9 Å². The molecule has 0 saturated carbocycles. The van der Waals surface area contributed by atoms with Crippen LogP contribution in [0.15, 0.2) is 65.6 Å². The van der Waals surface area contributed by atoms with Crippen LogP contribution >= 0.6 is 0 Å². The molecule has 0 heterocycles. The van der Waals surface area contributed by atoms with Gasteiger partial charge in [0.25, 0.3) is 5.91 Å². The Morgan fingerprint density at radius 1 is 0.962 bits per heavy atom. The highest BCUT2D eigenvalue weighted by Crippen LogP contribution is 2.30. The van der Waals surface area contributed by atoms with Crippen LogP contribution in [0.5, 0.6) is 0 Å². The van der Waals surface area contributed by atoms with Gasteiger partial charge in [-0.25, -0.2) is 8.42 Å². The zero-order valence-electron chi connectivity index (χ0n) is 14.0. The van der Waals surface area contributed by atoms with E-state index in [1.54, 1.807) is 48.5 Å². The molecular weight excluding hydrogens is 371 g/mol. The Morgan fingerprint density at radius 2 is 1.38 bits per heavy atom. The van der Waals surface area contributed by atoms with Gasteiger partial charge in [-0.3, -0.25) is 4.79 Å². The fourth-order valence-electron chi connectivity index (χ4n) is 1.57. The summed E-state index contributed by atoms with van der Waals surface area (Å²) in [6, 6.07) is 16.0. The largest absolute Gasteiger partial charge is 0.426 e. The van der Waals surface area contributed by atoms with Crippen LogP contribution in [-0.2, 0) is 14.6 Å². The molecule has 0 spiro atoms. The van der Waals surface area contributed by atoms with Crippen molar-refractivity contribution in [3.63, 3.8) is 0 Å². The fraction of sp³-hybridized carbons (Fsp3) is 0.235. The third kappa shape index (κ3) is 6.16. The second-order valence-corrected chi connectivity index (χ2v) is 7.49. The molecule has 142 valence electrons. The lowest BCUT2D eigenvalue weighted by molar-refractivity contribution is -0.242. The zero-order valence-corrected chi connectivity index (χ0v) is 14.8. The number of nitrogens with one attached hydrogen (secondary N) is 1. The van der Waals surface area contributed by atoms with Crippen LogP contribution in [0.2, 0.25) is 0 Å². The molecule has 0 aliphatic rings. The second kappa shape index (κ2) is 8.33. The third-order valence-corrected chi connectivity index (χ3v) is 4.33. The predicted octanol–water partition coefficient (Wildman–Crippen LogP) is 3.03. The number of aliphatic hydroxyl groups is 1. The molecule has 0 bridgehead atoms. The van der Waals surface area contributed by atoms with Gasteiger partial charge in [0.1, 0.15) is 0 Å². The molecule has 0 aliphatic carbocycles. The van der Waals surface area contributed by atoms with Gasteiger partial charge < -0.3 is 10.4 Å². The molecule has 26 heavy (non-hydrogen) atoms. The molecule has 0 aliphatic heterocycles. The van der Waals surface area contributed by atoms with E-state index in [4.69, 9.17) is 5.11 Å². The maximum absolute atomic E-state index is 12.3. The minimum absolute atomic E-state index is 0.192. The first-order valence-electron chi connectivity index (χ1n) is 7.26. The number of sulfone groups is 1. The molecule has 9 heteroatoms. The highest BCUT2D eigenvalue weighted by Gasteiger charge is 2.55. The maximum Gasteiger partial charge on any atom is 0.426 e. The lowest BCUT2D eigenvalue weighted by Crippen LogP contribution is -2.52. The minimum Gasteiger partial charge on any atom is -0.373 e. The monoisotopic (exact) mass is 389 g/mol. The van der Waals surface area contributed by atoms with Crippen molar-refractivity contribution in [1.82, 2.24) is 0 Å². The number of carbonyl (C=O) groups excluding carboxylic acids is 1. The Balaban J connectivity index is 0.000000289. The summed E-state index contributed by atoms with van der Waals surface area (Å²) in [6.45, 7) is 0.408. The van der Waals surface area contributed by atoms with Crippen LogP contribution in [0.25, 0.3) is 0 Å². The quantitative estimate of drug-likeness (QED) is 0.845. The molecule has 0 radical (unpaired) electrons. The van der Waals surface area contributed by atoms with E-state index < -0.39 is 27.5 Å². The molecule has 5 nitrogen and oxygen atoms in total. The zero-order chi connectivity index (χ0) is 20.0. The van der Waals surface area contributed by atoms with Gasteiger partial charge in [0.15, 0.2) is 9.84 Å². The van der Waals surface area contributed by atoms with Crippen LogP contribution in [0.4, 0.5) is 18.9 Å². The summed E-state index contributed by atoms with van der Waals surface area (Å²) >= 11 is 0. The molecule has 2 N–H and O–H groups in total. The molecule has 1 amide bonds. The molecule has 0 fully saturated rings. The highest BCUT2D eigenvalue weighted by atomic mass is 32.2. The summed E-state index contributed by atoms with van der Waals surface area (Å²) < 4.78 is 58.5. The number of halogens is 3. The summed E-state index contributed by atoms with van der Waals surface area (Å²) in [5.74, 6) is -1.51. The van der Waals surface area contributed by atoms with Crippen molar-refractivity contribution in [2.24, 2.45) is 0 Å². The summed E-state index contributed by atoms with van der Waals surface area (Å²) in [4.78, 5) is 11.6. The number of benzene rings is 2. The van der Waals surface area contributed by atoms with E-state index in [1.807, 2.05) is 5.32 Å². The maximum atomic E-state index is 12.3. The number of hydrogen-bond donors (Lipinski definition) is 2. The van der Waals surface area contributed by atoms with Gasteiger partial charge in [-0.05, 0) is 31.2 Å². The smallest absolute Gasteiger partial charge is 0.373 e. The average Bonchev–Trinajstić information content (AvgIpc) is 2.55. The van der Waals surface area contributed by atoms with Gasteiger partial charge in [0.05, 0.1) is 4.90 Å². The molecule has 1 atom stereocenters. The fourth-order valence-corrected chi connectivity index (χ4v) is 2.22. The number of para-hydroxylation sites is 1. The molecule has 2 aromatic rings. The molecule has 1 unspecified atom stereocenters. The number of carbonyl (C=O) groups is 1. The van der Waals surface area contributed by atoms with Gasteiger partial charge >= 0.3 is 6.18 Å². The van der Waals surface area contributed by atoms with Gasteiger partial charge in [-0.1, -0.05) is 36.4 Å². The molecular formula is C17H18F3NO4S. The number of amides is 1. The van der Waals surface area contributed by atoms with E-state index in [0.717, 1.165) is 0 Å². The van der Waals surface area contributed by atoms with Crippen molar-refractivity contribution >= 4 is 21.4 Å². The van der Waals surface area contributed by atoms with Crippen LogP contribution in [0.1, 0.15) is 6.92 Å². The van der Waals surface area contributed by atoms with E-state index in [-0.39, 0.29) is 5.69 Å². The van der Waals surface area contributed by atoms with Crippen LogP contribution in [0, 0.1) is 0 Å². The van der Waals surface area contributed by atoms with E-state index >= 15 is 0 Å². The number of hydrogen-bond acceptors (Lipinski definition) is 4. The average molecular weight is 389 g/mol. The molecule has 0 aromatic heterocycles. The Hall–Kier alpha value is -2.39. The number of rotatable bonds is 3.